The fourth-order valence-corrected chi connectivity index (χ4v) is 2.44. The zero-order valence-electron chi connectivity index (χ0n) is 9.71. The Morgan fingerprint density at radius 3 is 2.80 bits per heavy atom. The summed E-state index contributed by atoms with van der Waals surface area (Å²) in [5.41, 5.74) is 4.54. The maximum absolute atomic E-state index is 9.30. The van der Waals surface area contributed by atoms with Gasteiger partial charge < -0.3 is 5.11 Å². The van der Waals surface area contributed by atoms with E-state index >= 15 is 0 Å². The molecular weight excluding hydrogens is 184 g/mol. The lowest BCUT2D eigenvalue weighted by Crippen LogP contribution is -2.20. The lowest BCUT2D eigenvalue weighted by Gasteiger charge is -2.23. The minimum absolute atomic E-state index is 0.0116. The van der Waals surface area contributed by atoms with Crippen molar-refractivity contribution in [2.75, 3.05) is 6.61 Å². The van der Waals surface area contributed by atoms with Crippen molar-refractivity contribution in [1.29, 1.82) is 0 Å². The normalized spacial score (nSPS) is 15.4. The van der Waals surface area contributed by atoms with Crippen LogP contribution >= 0.6 is 0 Å². The number of fused-ring (bicyclic) bond motifs is 1. The van der Waals surface area contributed by atoms with Crippen LogP contribution in [0.3, 0.4) is 0 Å². The third-order valence-electron chi connectivity index (χ3n) is 3.34. The molecule has 0 aliphatic heterocycles. The molecule has 0 atom stereocenters. The minimum Gasteiger partial charge on any atom is -0.396 e. The second-order valence-electron chi connectivity index (χ2n) is 5.41. The molecule has 1 aliphatic carbocycles. The summed E-state index contributed by atoms with van der Waals surface area (Å²) in [4.78, 5) is 0. The van der Waals surface area contributed by atoms with Gasteiger partial charge in [-0.05, 0) is 47.8 Å². The molecule has 0 saturated carbocycles. The molecule has 0 spiro atoms. The van der Waals surface area contributed by atoms with Gasteiger partial charge in [-0.25, -0.2) is 0 Å². The molecule has 0 saturated heterocycles. The van der Waals surface area contributed by atoms with Gasteiger partial charge in [-0.1, -0.05) is 32.0 Å². The van der Waals surface area contributed by atoms with Gasteiger partial charge in [0.05, 0.1) is 0 Å². The van der Waals surface area contributed by atoms with Gasteiger partial charge in [-0.2, -0.15) is 0 Å². The Bertz CT molecular complexity index is 352. The summed E-state index contributed by atoms with van der Waals surface area (Å²) in [6.07, 6.45) is 4.76. The van der Waals surface area contributed by atoms with Gasteiger partial charge in [-0.3, -0.25) is 0 Å². The van der Waals surface area contributed by atoms with Gasteiger partial charge in [0.1, 0.15) is 0 Å². The van der Waals surface area contributed by atoms with Crippen LogP contribution in [-0.2, 0) is 19.3 Å². The molecule has 0 unspecified atom stereocenters. The van der Waals surface area contributed by atoms with Crippen LogP contribution in [0.1, 0.15) is 37.0 Å². The Kier molecular flexibility index (Phi) is 2.83. The summed E-state index contributed by atoms with van der Waals surface area (Å²) >= 11 is 0. The van der Waals surface area contributed by atoms with Crippen LogP contribution in [0.4, 0.5) is 0 Å². The van der Waals surface area contributed by atoms with Crippen molar-refractivity contribution in [3.63, 3.8) is 0 Å². The Hall–Kier alpha value is -0.820. The molecule has 0 amide bonds. The van der Waals surface area contributed by atoms with E-state index < -0.39 is 0 Å². The monoisotopic (exact) mass is 204 g/mol. The van der Waals surface area contributed by atoms with Gasteiger partial charge in [0, 0.05) is 6.61 Å². The lowest BCUT2D eigenvalue weighted by atomic mass is 9.84. The van der Waals surface area contributed by atoms with Crippen molar-refractivity contribution in [3.8, 4) is 0 Å². The van der Waals surface area contributed by atoms with Crippen LogP contribution in [0.5, 0.6) is 0 Å². The van der Waals surface area contributed by atoms with Gasteiger partial charge in [-0.15, -0.1) is 0 Å². The van der Waals surface area contributed by atoms with E-state index in [1.165, 1.54) is 30.4 Å². The summed E-state index contributed by atoms with van der Waals surface area (Å²) in [6.45, 7) is 4.51. The predicted octanol–water partition coefficient (Wildman–Crippen LogP) is 2.74. The highest BCUT2D eigenvalue weighted by Crippen LogP contribution is 2.29. The number of hydrogen-bond donors (Lipinski definition) is 1. The molecule has 0 bridgehead atoms. The lowest BCUT2D eigenvalue weighted by molar-refractivity contribution is 0.159. The Labute approximate surface area is 92.1 Å². The van der Waals surface area contributed by atoms with E-state index in [0.717, 1.165) is 6.42 Å². The molecule has 0 fully saturated rings. The third-order valence-corrected chi connectivity index (χ3v) is 3.34. The number of aliphatic hydroxyl groups excluding tert-OH is 1. The molecule has 82 valence electrons. The second kappa shape index (κ2) is 3.97. The van der Waals surface area contributed by atoms with Crippen molar-refractivity contribution < 1.29 is 5.11 Å². The van der Waals surface area contributed by atoms with Gasteiger partial charge in [0.15, 0.2) is 0 Å². The van der Waals surface area contributed by atoms with E-state index in [9.17, 15) is 5.11 Å². The van der Waals surface area contributed by atoms with Crippen LogP contribution in [0, 0.1) is 5.41 Å². The first-order chi connectivity index (χ1) is 7.12. The number of rotatable bonds is 3. The Morgan fingerprint density at radius 2 is 2.07 bits per heavy atom. The van der Waals surface area contributed by atoms with Crippen molar-refractivity contribution in [2.45, 2.75) is 39.5 Å². The number of aryl methyl sites for hydroxylation is 1. The second-order valence-corrected chi connectivity index (χ2v) is 5.41. The molecule has 1 aromatic carbocycles. The first kappa shape index (κ1) is 10.7. The van der Waals surface area contributed by atoms with Crippen LogP contribution < -0.4 is 0 Å². The molecule has 0 aromatic heterocycles. The fraction of sp³-hybridized carbons (Fsp3) is 0.571. The molecule has 0 radical (unpaired) electrons. The van der Waals surface area contributed by atoms with Crippen LogP contribution in [0.15, 0.2) is 18.2 Å². The maximum atomic E-state index is 9.30. The SMILES string of the molecule is CC(C)(CO)Cc1cccc2c1CCC2. The van der Waals surface area contributed by atoms with Crippen molar-refractivity contribution in [3.05, 3.63) is 34.9 Å². The summed E-state index contributed by atoms with van der Waals surface area (Å²) in [6, 6.07) is 6.63. The summed E-state index contributed by atoms with van der Waals surface area (Å²) < 4.78 is 0. The molecular formula is C14H20O. The van der Waals surface area contributed by atoms with Crippen molar-refractivity contribution >= 4 is 0 Å². The molecule has 2 rings (SSSR count). The molecule has 1 N–H and O–H groups in total. The van der Waals surface area contributed by atoms with E-state index in [2.05, 4.69) is 32.0 Å². The minimum atomic E-state index is 0.0116. The molecule has 0 heterocycles. The van der Waals surface area contributed by atoms with Crippen molar-refractivity contribution in [2.24, 2.45) is 5.41 Å². The highest BCUT2D eigenvalue weighted by molar-refractivity contribution is 5.39. The average molecular weight is 204 g/mol. The molecule has 1 nitrogen and oxygen atoms in total. The smallest absolute Gasteiger partial charge is 0.0485 e. The third kappa shape index (κ3) is 2.23. The van der Waals surface area contributed by atoms with Crippen LogP contribution in [0.25, 0.3) is 0 Å². The van der Waals surface area contributed by atoms with Crippen molar-refractivity contribution in [1.82, 2.24) is 0 Å². The van der Waals surface area contributed by atoms with Gasteiger partial charge in [0.2, 0.25) is 0 Å². The van der Waals surface area contributed by atoms with Crippen LogP contribution in [-0.4, -0.2) is 11.7 Å². The quantitative estimate of drug-likeness (QED) is 0.802. The summed E-state index contributed by atoms with van der Waals surface area (Å²) in [5, 5.41) is 9.30. The number of hydrogen-bond acceptors (Lipinski definition) is 1. The molecule has 1 heteroatoms. The van der Waals surface area contributed by atoms with E-state index in [0.29, 0.717) is 0 Å². The van der Waals surface area contributed by atoms with Gasteiger partial charge in [0.25, 0.3) is 0 Å². The highest BCUT2D eigenvalue weighted by Gasteiger charge is 2.21. The van der Waals surface area contributed by atoms with Crippen LogP contribution in [0.2, 0.25) is 0 Å². The highest BCUT2D eigenvalue weighted by atomic mass is 16.3. The number of aliphatic hydroxyl groups is 1. The zero-order chi connectivity index (χ0) is 10.9. The molecule has 15 heavy (non-hydrogen) atoms. The first-order valence-electron chi connectivity index (χ1n) is 5.83. The topological polar surface area (TPSA) is 20.2 Å². The average Bonchev–Trinajstić information content (AvgIpc) is 2.66. The Morgan fingerprint density at radius 1 is 1.27 bits per heavy atom. The summed E-state index contributed by atoms with van der Waals surface area (Å²) in [7, 11) is 0. The fourth-order valence-electron chi connectivity index (χ4n) is 2.44. The van der Waals surface area contributed by atoms with E-state index in [1.54, 1.807) is 5.56 Å². The first-order valence-corrected chi connectivity index (χ1v) is 5.83. The molecule has 1 aromatic rings. The van der Waals surface area contributed by atoms with E-state index in [1.807, 2.05) is 0 Å². The largest absolute Gasteiger partial charge is 0.396 e. The van der Waals surface area contributed by atoms with Gasteiger partial charge >= 0.3 is 0 Å². The standard InChI is InChI=1S/C14H20O/c1-14(2,10-15)9-12-7-3-5-11-6-4-8-13(11)12/h3,5,7,15H,4,6,8-10H2,1-2H3. The zero-order valence-corrected chi connectivity index (χ0v) is 9.71. The molecule has 1 aliphatic rings. The summed E-state index contributed by atoms with van der Waals surface area (Å²) in [5.74, 6) is 0. The van der Waals surface area contributed by atoms with E-state index in [4.69, 9.17) is 0 Å². The van der Waals surface area contributed by atoms with E-state index in [-0.39, 0.29) is 12.0 Å². The predicted molar refractivity (Wildman–Crippen MR) is 63.0 cm³/mol. The Balaban J connectivity index is 2.26. The maximum Gasteiger partial charge on any atom is 0.0485 e. The number of benzene rings is 1.